The minimum atomic E-state index is -2.94. The minimum absolute atomic E-state index is 0.292. The summed E-state index contributed by atoms with van der Waals surface area (Å²) in [5, 5.41) is 2.83. The van der Waals surface area contributed by atoms with Gasteiger partial charge in [0.25, 0.3) is 0 Å². The Morgan fingerprint density at radius 1 is 1.40 bits per heavy atom. The Morgan fingerprint density at radius 2 is 2.15 bits per heavy atom. The second-order valence-electron chi connectivity index (χ2n) is 4.96. The van der Waals surface area contributed by atoms with Gasteiger partial charge in [0.2, 0.25) is 0 Å². The van der Waals surface area contributed by atoms with Gasteiger partial charge in [0, 0.05) is 12.1 Å². The monoisotopic (exact) mass is 299 g/mol. The highest BCUT2D eigenvalue weighted by Crippen LogP contribution is 2.23. The van der Waals surface area contributed by atoms with Crippen LogP contribution in [0.4, 0.5) is 11.6 Å². The molecule has 1 aromatic rings. The van der Waals surface area contributed by atoms with Crippen LogP contribution in [-0.2, 0) is 16.3 Å². The number of nitrogen functional groups attached to an aromatic ring is 1. The van der Waals surface area contributed by atoms with Gasteiger partial charge in [0.15, 0.2) is 9.84 Å². The van der Waals surface area contributed by atoms with Crippen molar-refractivity contribution >= 4 is 21.5 Å². The number of nitrogens with two attached hydrogens (primary N) is 1. The van der Waals surface area contributed by atoms with Crippen molar-refractivity contribution in [1.82, 2.24) is 9.97 Å². The maximum absolute atomic E-state index is 11.8. The van der Waals surface area contributed by atoms with E-state index >= 15 is 0 Å². The van der Waals surface area contributed by atoms with Crippen LogP contribution in [0.2, 0.25) is 0 Å². The van der Waals surface area contributed by atoms with Crippen LogP contribution in [-0.4, -0.2) is 35.9 Å². The number of hydrazine groups is 1. The number of anilines is 2. The number of nitrogens with one attached hydrogen (secondary N) is 2. The van der Waals surface area contributed by atoms with Crippen LogP contribution in [0, 0.1) is 0 Å². The fourth-order valence-electron chi connectivity index (χ4n) is 2.47. The zero-order chi connectivity index (χ0) is 14.6. The molecule has 1 fully saturated rings. The molecule has 1 atom stereocenters. The molecular formula is C12H21N5O2S. The SMILES string of the molecule is CCCc1c(NN)ncnc1NCC1CCCS1(=O)=O. The number of hydrogen-bond acceptors (Lipinski definition) is 7. The van der Waals surface area contributed by atoms with Crippen molar-refractivity contribution < 1.29 is 8.42 Å². The van der Waals surface area contributed by atoms with Crippen LogP contribution in [0.5, 0.6) is 0 Å². The topological polar surface area (TPSA) is 110 Å². The van der Waals surface area contributed by atoms with E-state index in [4.69, 9.17) is 5.84 Å². The van der Waals surface area contributed by atoms with E-state index < -0.39 is 9.84 Å². The van der Waals surface area contributed by atoms with Gasteiger partial charge >= 0.3 is 0 Å². The lowest BCUT2D eigenvalue weighted by atomic mass is 10.1. The minimum Gasteiger partial charge on any atom is -0.368 e. The average Bonchev–Trinajstić information content (AvgIpc) is 2.76. The summed E-state index contributed by atoms with van der Waals surface area (Å²) < 4.78 is 23.6. The molecular weight excluding hydrogens is 278 g/mol. The van der Waals surface area contributed by atoms with Crippen LogP contribution in [0.1, 0.15) is 31.7 Å². The van der Waals surface area contributed by atoms with Gasteiger partial charge in [-0.15, -0.1) is 0 Å². The van der Waals surface area contributed by atoms with Gasteiger partial charge in [0.1, 0.15) is 18.0 Å². The van der Waals surface area contributed by atoms with Crippen LogP contribution >= 0.6 is 0 Å². The van der Waals surface area contributed by atoms with Gasteiger partial charge in [-0.2, -0.15) is 0 Å². The number of hydrogen-bond donors (Lipinski definition) is 3. The van der Waals surface area contributed by atoms with Gasteiger partial charge in [0.05, 0.1) is 11.0 Å². The molecule has 0 aliphatic carbocycles. The Balaban J connectivity index is 2.13. The van der Waals surface area contributed by atoms with E-state index in [9.17, 15) is 8.42 Å². The number of rotatable bonds is 6. The Hall–Kier alpha value is -1.41. The quantitative estimate of drug-likeness (QED) is 0.524. The molecule has 2 heterocycles. The van der Waals surface area contributed by atoms with Gasteiger partial charge < -0.3 is 10.7 Å². The zero-order valence-electron chi connectivity index (χ0n) is 11.6. The Labute approximate surface area is 119 Å². The van der Waals surface area contributed by atoms with E-state index in [2.05, 4.69) is 27.6 Å². The molecule has 0 bridgehead atoms. The van der Waals surface area contributed by atoms with E-state index in [-0.39, 0.29) is 5.25 Å². The highest BCUT2D eigenvalue weighted by Gasteiger charge is 2.31. The second kappa shape index (κ2) is 6.36. The summed E-state index contributed by atoms with van der Waals surface area (Å²) in [6.45, 7) is 2.44. The summed E-state index contributed by atoms with van der Waals surface area (Å²) in [7, 11) is -2.94. The Morgan fingerprint density at radius 3 is 2.75 bits per heavy atom. The van der Waals surface area contributed by atoms with Gasteiger partial charge in [-0.3, -0.25) is 0 Å². The van der Waals surface area contributed by atoms with E-state index in [1.54, 1.807) is 0 Å². The molecule has 8 heteroatoms. The molecule has 0 aromatic carbocycles. The smallest absolute Gasteiger partial charge is 0.154 e. The fourth-order valence-corrected chi connectivity index (χ4v) is 4.24. The molecule has 1 unspecified atom stereocenters. The summed E-state index contributed by atoms with van der Waals surface area (Å²) in [5.74, 6) is 6.99. The van der Waals surface area contributed by atoms with E-state index in [1.807, 2.05) is 0 Å². The molecule has 4 N–H and O–H groups in total. The lowest BCUT2D eigenvalue weighted by Gasteiger charge is -2.15. The molecule has 7 nitrogen and oxygen atoms in total. The third-order valence-electron chi connectivity index (χ3n) is 3.54. The van der Waals surface area contributed by atoms with Crippen LogP contribution in [0.3, 0.4) is 0 Å². The molecule has 0 amide bonds. The molecule has 1 aromatic heterocycles. The van der Waals surface area contributed by atoms with E-state index in [0.717, 1.165) is 24.8 Å². The Bertz CT molecular complexity index is 561. The molecule has 112 valence electrons. The Kier molecular flexibility index (Phi) is 4.77. The first-order chi connectivity index (χ1) is 9.58. The maximum Gasteiger partial charge on any atom is 0.154 e. The first kappa shape index (κ1) is 15.0. The molecule has 1 aliphatic rings. The first-order valence-corrected chi connectivity index (χ1v) is 8.56. The molecule has 1 saturated heterocycles. The largest absolute Gasteiger partial charge is 0.368 e. The lowest BCUT2D eigenvalue weighted by molar-refractivity contribution is 0.591. The molecule has 1 aliphatic heterocycles. The number of nitrogens with zero attached hydrogens (tertiary/aromatic N) is 2. The van der Waals surface area contributed by atoms with Crippen molar-refractivity contribution in [3.05, 3.63) is 11.9 Å². The molecule has 2 rings (SSSR count). The number of aromatic nitrogens is 2. The zero-order valence-corrected chi connectivity index (χ0v) is 12.4. The summed E-state index contributed by atoms with van der Waals surface area (Å²) in [5.41, 5.74) is 3.45. The average molecular weight is 299 g/mol. The van der Waals surface area contributed by atoms with Gasteiger partial charge in [-0.1, -0.05) is 13.3 Å². The number of sulfone groups is 1. The van der Waals surface area contributed by atoms with Crippen molar-refractivity contribution in [3.63, 3.8) is 0 Å². The molecule has 0 saturated carbocycles. The summed E-state index contributed by atoms with van der Waals surface area (Å²) >= 11 is 0. The summed E-state index contributed by atoms with van der Waals surface area (Å²) in [4.78, 5) is 8.28. The van der Waals surface area contributed by atoms with Crippen molar-refractivity contribution in [1.29, 1.82) is 0 Å². The van der Waals surface area contributed by atoms with Crippen LogP contribution < -0.4 is 16.6 Å². The van der Waals surface area contributed by atoms with Crippen molar-refractivity contribution in [2.75, 3.05) is 23.0 Å². The normalized spacial score (nSPS) is 20.8. The van der Waals surface area contributed by atoms with Crippen molar-refractivity contribution in [2.24, 2.45) is 5.84 Å². The highest BCUT2D eigenvalue weighted by atomic mass is 32.2. The highest BCUT2D eigenvalue weighted by molar-refractivity contribution is 7.92. The predicted octanol–water partition coefficient (Wildman–Crippen LogP) is 0.704. The summed E-state index contributed by atoms with van der Waals surface area (Å²) in [6.07, 6.45) is 4.58. The standard InChI is InChI=1S/C12H21N5O2S/c1-2-4-10-11(15-8-16-12(10)17-13)14-7-9-5-3-6-20(9,18)19/h8-9H,2-7,13H2,1H3,(H2,14,15,16,17). The van der Waals surface area contributed by atoms with Gasteiger partial charge in [-0.05, 0) is 19.3 Å². The van der Waals surface area contributed by atoms with Crippen LogP contribution in [0.15, 0.2) is 6.33 Å². The van der Waals surface area contributed by atoms with E-state index in [0.29, 0.717) is 30.4 Å². The third-order valence-corrected chi connectivity index (χ3v) is 5.82. The second-order valence-corrected chi connectivity index (χ2v) is 7.36. The molecule has 0 radical (unpaired) electrons. The molecule has 0 spiro atoms. The summed E-state index contributed by atoms with van der Waals surface area (Å²) in [6, 6.07) is 0. The predicted molar refractivity (Wildman–Crippen MR) is 79.1 cm³/mol. The van der Waals surface area contributed by atoms with E-state index in [1.165, 1.54) is 6.33 Å². The van der Waals surface area contributed by atoms with Crippen molar-refractivity contribution in [3.8, 4) is 0 Å². The van der Waals surface area contributed by atoms with Crippen LogP contribution in [0.25, 0.3) is 0 Å². The molecule has 20 heavy (non-hydrogen) atoms. The first-order valence-electron chi connectivity index (χ1n) is 6.84. The van der Waals surface area contributed by atoms with Crippen molar-refractivity contribution in [2.45, 2.75) is 37.9 Å². The third kappa shape index (κ3) is 3.18. The van der Waals surface area contributed by atoms with Gasteiger partial charge in [-0.25, -0.2) is 24.2 Å². The lowest BCUT2D eigenvalue weighted by Crippen LogP contribution is -2.26. The fraction of sp³-hybridized carbons (Fsp3) is 0.667. The maximum atomic E-state index is 11.8.